The van der Waals surface area contributed by atoms with Crippen molar-refractivity contribution in [3.63, 3.8) is 0 Å². The standard InChI is InChI=1S/C21H22N2O2S2/c1-14-6-5-9-16(10-14)25-19(24)12-26-20-17-11-18(15-7-3-2-4-8-15)27-21(17)23-13-22-20/h2-4,7-8,11,13-14,16H,5-6,9-10,12H2,1H3/t14-,16+/m1/s1. The summed E-state index contributed by atoms with van der Waals surface area (Å²) in [5, 5.41) is 1.85. The molecular formula is C21H22N2O2S2. The highest BCUT2D eigenvalue weighted by Gasteiger charge is 2.22. The van der Waals surface area contributed by atoms with Gasteiger partial charge >= 0.3 is 5.97 Å². The summed E-state index contributed by atoms with van der Waals surface area (Å²) in [4.78, 5) is 23.2. The van der Waals surface area contributed by atoms with Crippen molar-refractivity contribution in [2.75, 3.05) is 5.75 Å². The third kappa shape index (κ3) is 4.50. The number of benzene rings is 1. The lowest BCUT2D eigenvalue weighted by molar-refractivity contribution is -0.147. The van der Waals surface area contributed by atoms with E-state index in [0.717, 1.165) is 39.4 Å². The number of carbonyl (C=O) groups is 1. The van der Waals surface area contributed by atoms with Crippen LogP contribution in [0.4, 0.5) is 0 Å². The third-order valence-corrected chi connectivity index (χ3v) is 6.94. The number of aromatic nitrogens is 2. The molecule has 1 saturated carbocycles. The van der Waals surface area contributed by atoms with E-state index in [4.69, 9.17) is 4.74 Å². The van der Waals surface area contributed by atoms with Crippen molar-refractivity contribution in [2.24, 2.45) is 5.92 Å². The summed E-state index contributed by atoms with van der Waals surface area (Å²) in [6.07, 6.45) is 6.02. The molecule has 1 fully saturated rings. The van der Waals surface area contributed by atoms with Crippen molar-refractivity contribution < 1.29 is 9.53 Å². The number of nitrogens with zero attached hydrogens (tertiary/aromatic N) is 2. The molecule has 0 bridgehead atoms. The fraction of sp³-hybridized carbons (Fsp3) is 0.381. The van der Waals surface area contributed by atoms with E-state index in [1.54, 1.807) is 17.7 Å². The van der Waals surface area contributed by atoms with Crippen LogP contribution in [0.1, 0.15) is 32.6 Å². The molecule has 2 heterocycles. The van der Waals surface area contributed by atoms with Gasteiger partial charge in [-0.2, -0.15) is 0 Å². The van der Waals surface area contributed by atoms with Gasteiger partial charge in [-0.1, -0.05) is 55.4 Å². The summed E-state index contributed by atoms with van der Waals surface area (Å²) in [5.74, 6) is 0.783. The Hall–Kier alpha value is -1.92. The molecule has 0 aliphatic heterocycles. The smallest absolute Gasteiger partial charge is 0.316 e. The number of fused-ring (bicyclic) bond motifs is 1. The van der Waals surface area contributed by atoms with Gasteiger partial charge in [0.15, 0.2) is 0 Å². The maximum atomic E-state index is 12.3. The lowest BCUT2D eigenvalue weighted by Gasteiger charge is -2.26. The van der Waals surface area contributed by atoms with Gasteiger partial charge in [-0.25, -0.2) is 9.97 Å². The predicted molar refractivity (Wildman–Crippen MR) is 111 cm³/mol. The van der Waals surface area contributed by atoms with Gasteiger partial charge in [-0.05, 0) is 36.8 Å². The fourth-order valence-electron chi connectivity index (χ4n) is 3.53. The van der Waals surface area contributed by atoms with E-state index >= 15 is 0 Å². The predicted octanol–water partition coefficient (Wildman–Crippen LogP) is 5.57. The molecule has 1 aliphatic carbocycles. The Morgan fingerprint density at radius 3 is 2.93 bits per heavy atom. The van der Waals surface area contributed by atoms with Gasteiger partial charge in [0.2, 0.25) is 0 Å². The molecule has 1 aromatic carbocycles. The van der Waals surface area contributed by atoms with Crippen molar-refractivity contribution >= 4 is 39.3 Å². The molecule has 0 saturated heterocycles. The van der Waals surface area contributed by atoms with Gasteiger partial charge in [0.05, 0.1) is 5.75 Å². The highest BCUT2D eigenvalue weighted by molar-refractivity contribution is 8.00. The number of ether oxygens (including phenoxy) is 1. The Balaban J connectivity index is 1.44. The maximum Gasteiger partial charge on any atom is 0.316 e. The minimum absolute atomic E-state index is 0.0816. The molecule has 0 amide bonds. The fourth-order valence-corrected chi connectivity index (χ4v) is 5.35. The number of hydrogen-bond acceptors (Lipinski definition) is 6. The SMILES string of the molecule is C[C@@H]1CCC[C@H](OC(=O)CSc2ncnc3sc(-c4ccccc4)cc23)C1. The zero-order valence-electron chi connectivity index (χ0n) is 15.3. The molecule has 2 atom stereocenters. The minimum Gasteiger partial charge on any atom is -0.462 e. The lowest BCUT2D eigenvalue weighted by atomic mass is 9.89. The number of thioether (sulfide) groups is 1. The number of carbonyl (C=O) groups excluding carboxylic acids is 1. The zero-order chi connectivity index (χ0) is 18.6. The summed E-state index contributed by atoms with van der Waals surface area (Å²) in [6, 6.07) is 12.4. The molecule has 2 aromatic heterocycles. The van der Waals surface area contributed by atoms with Crippen molar-refractivity contribution in [1.29, 1.82) is 0 Å². The Bertz CT molecular complexity index is 926. The normalized spacial score (nSPS) is 19.9. The number of thiophene rings is 1. The van der Waals surface area contributed by atoms with Crippen LogP contribution in [0.2, 0.25) is 0 Å². The summed E-state index contributed by atoms with van der Waals surface area (Å²) < 4.78 is 5.67. The van der Waals surface area contributed by atoms with Crippen LogP contribution in [-0.2, 0) is 9.53 Å². The highest BCUT2D eigenvalue weighted by Crippen LogP contribution is 2.36. The largest absolute Gasteiger partial charge is 0.462 e. The first-order valence-corrected chi connectivity index (χ1v) is 11.1. The molecule has 0 N–H and O–H groups in total. The molecule has 1 aliphatic rings. The maximum absolute atomic E-state index is 12.3. The van der Waals surface area contributed by atoms with Crippen LogP contribution >= 0.6 is 23.1 Å². The van der Waals surface area contributed by atoms with Crippen LogP contribution in [-0.4, -0.2) is 27.8 Å². The van der Waals surface area contributed by atoms with E-state index in [2.05, 4.69) is 35.1 Å². The summed E-state index contributed by atoms with van der Waals surface area (Å²) in [6.45, 7) is 2.23. The first-order chi connectivity index (χ1) is 13.2. The molecule has 27 heavy (non-hydrogen) atoms. The van der Waals surface area contributed by atoms with Crippen LogP contribution in [0, 0.1) is 5.92 Å². The van der Waals surface area contributed by atoms with E-state index < -0.39 is 0 Å². The number of rotatable bonds is 5. The zero-order valence-corrected chi connectivity index (χ0v) is 16.9. The second-order valence-electron chi connectivity index (χ2n) is 7.05. The van der Waals surface area contributed by atoms with E-state index in [1.807, 2.05) is 18.2 Å². The van der Waals surface area contributed by atoms with Gasteiger partial charge < -0.3 is 4.74 Å². The number of hydrogen-bond donors (Lipinski definition) is 0. The summed E-state index contributed by atoms with van der Waals surface area (Å²) >= 11 is 3.08. The first-order valence-electron chi connectivity index (χ1n) is 9.31. The van der Waals surface area contributed by atoms with Crippen LogP contribution in [0.5, 0.6) is 0 Å². The average molecular weight is 399 g/mol. The van der Waals surface area contributed by atoms with Crippen LogP contribution in [0.25, 0.3) is 20.7 Å². The van der Waals surface area contributed by atoms with Crippen molar-refractivity contribution in [3.05, 3.63) is 42.7 Å². The van der Waals surface area contributed by atoms with Gasteiger partial charge in [0.1, 0.15) is 22.3 Å². The quantitative estimate of drug-likeness (QED) is 0.319. The van der Waals surface area contributed by atoms with Crippen LogP contribution in [0.3, 0.4) is 0 Å². The van der Waals surface area contributed by atoms with E-state index in [-0.39, 0.29) is 17.8 Å². The lowest BCUT2D eigenvalue weighted by Crippen LogP contribution is -2.25. The topological polar surface area (TPSA) is 52.1 Å². The summed E-state index contributed by atoms with van der Waals surface area (Å²) in [5.41, 5.74) is 1.17. The molecule has 0 unspecified atom stereocenters. The molecule has 0 spiro atoms. The molecule has 140 valence electrons. The molecular weight excluding hydrogens is 376 g/mol. The van der Waals surface area contributed by atoms with Crippen molar-refractivity contribution in [1.82, 2.24) is 9.97 Å². The van der Waals surface area contributed by atoms with E-state index in [0.29, 0.717) is 5.92 Å². The molecule has 4 nitrogen and oxygen atoms in total. The van der Waals surface area contributed by atoms with E-state index in [1.165, 1.54) is 23.7 Å². The second-order valence-corrected chi connectivity index (χ2v) is 9.04. The van der Waals surface area contributed by atoms with Gasteiger partial charge in [0.25, 0.3) is 0 Å². The number of esters is 1. The van der Waals surface area contributed by atoms with Gasteiger partial charge in [-0.15, -0.1) is 11.3 Å². The van der Waals surface area contributed by atoms with Crippen molar-refractivity contribution in [2.45, 2.75) is 43.7 Å². The minimum atomic E-state index is -0.149. The molecule has 3 aromatic rings. The Morgan fingerprint density at radius 1 is 1.26 bits per heavy atom. The Morgan fingerprint density at radius 2 is 2.11 bits per heavy atom. The monoisotopic (exact) mass is 398 g/mol. The highest BCUT2D eigenvalue weighted by atomic mass is 32.2. The first kappa shape index (κ1) is 18.4. The molecule has 6 heteroatoms. The van der Waals surface area contributed by atoms with Gasteiger partial charge in [0, 0.05) is 10.3 Å². The van der Waals surface area contributed by atoms with E-state index in [9.17, 15) is 4.79 Å². The molecule has 4 rings (SSSR count). The van der Waals surface area contributed by atoms with Gasteiger partial charge in [-0.3, -0.25) is 4.79 Å². The molecule has 0 radical (unpaired) electrons. The third-order valence-electron chi connectivity index (χ3n) is 4.86. The Labute approximate surface area is 167 Å². The van der Waals surface area contributed by atoms with Crippen LogP contribution in [0.15, 0.2) is 47.8 Å². The Kier molecular flexibility index (Phi) is 5.74. The summed E-state index contributed by atoms with van der Waals surface area (Å²) in [7, 11) is 0. The second kappa shape index (κ2) is 8.40. The average Bonchev–Trinajstić information content (AvgIpc) is 3.12. The van der Waals surface area contributed by atoms with Crippen molar-refractivity contribution in [3.8, 4) is 10.4 Å². The van der Waals surface area contributed by atoms with Crippen LogP contribution < -0.4 is 0 Å².